The Hall–Kier alpha value is -3.49. The fraction of sp³-hybridized carbons (Fsp3) is 0.480. The van der Waals surface area contributed by atoms with Gasteiger partial charge in [0.25, 0.3) is 0 Å². The molecule has 1 saturated heterocycles. The van der Waals surface area contributed by atoms with Gasteiger partial charge in [-0.3, -0.25) is 19.9 Å². The van der Waals surface area contributed by atoms with Gasteiger partial charge in [-0.05, 0) is 76.6 Å². The Morgan fingerprint density at radius 1 is 1.06 bits per heavy atom. The predicted octanol–water partition coefficient (Wildman–Crippen LogP) is 4.38. The maximum absolute atomic E-state index is 13.1. The number of rotatable bonds is 3. The third-order valence-electron chi connectivity index (χ3n) is 5.55. The summed E-state index contributed by atoms with van der Waals surface area (Å²) < 4.78 is 5.24. The van der Waals surface area contributed by atoms with Crippen LogP contribution in [0.3, 0.4) is 0 Å². The van der Waals surface area contributed by atoms with Gasteiger partial charge in [0.15, 0.2) is 0 Å². The molecule has 0 saturated carbocycles. The first-order valence-corrected chi connectivity index (χ1v) is 11.4. The van der Waals surface area contributed by atoms with E-state index in [2.05, 4.69) is 27.5 Å². The van der Waals surface area contributed by atoms with E-state index in [1.165, 1.54) is 6.20 Å². The number of nitrogens with one attached hydrogen (secondary N) is 2. The summed E-state index contributed by atoms with van der Waals surface area (Å²) in [6, 6.07) is 5.33. The van der Waals surface area contributed by atoms with Crippen LogP contribution in [-0.2, 0) is 14.3 Å². The molecule has 0 spiro atoms. The molecule has 3 amide bonds. The third-order valence-corrected chi connectivity index (χ3v) is 5.55. The maximum Gasteiger partial charge on any atom is 0.413 e. The summed E-state index contributed by atoms with van der Waals surface area (Å²) in [4.78, 5) is 48.2. The third kappa shape index (κ3) is 6.52. The van der Waals surface area contributed by atoms with Crippen molar-refractivity contribution in [2.45, 2.75) is 66.0 Å². The van der Waals surface area contributed by atoms with Crippen LogP contribution in [0.2, 0.25) is 0 Å². The van der Waals surface area contributed by atoms with Crippen LogP contribution in [0.15, 0.2) is 30.6 Å². The van der Waals surface area contributed by atoms with Crippen LogP contribution in [0.4, 0.5) is 16.3 Å². The number of likely N-dealkylation sites (tertiary alicyclic amines) is 1. The van der Waals surface area contributed by atoms with E-state index >= 15 is 0 Å². The van der Waals surface area contributed by atoms with Gasteiger partial charge in [0, 0.05) is 18.4 Å². The zero-order valence-corrected chi connectivity index (χ0v) is 20.6. The van der Waals surface area contributed by atoms with Gasteiger partial charge in [0.2, 0.25) is 0 Å². The van der Waals surface area contributed by atoms with Crippen LogP contribution in [0.5, 0.6) is 0 Å². The molecule has 9 heteroatoms. The van der Waals surface area contributed by atoms with Gasteiger partial charge in [-0.15, -0.1) is 0 Å². The first-order valence-electron chi connectivity index (χ1n) is 11.4. The van der Waals surface area contributed by atoms with Crippen LogP contribution in [0.25, 0.3) is 0 Å². The second-order valence-electron chi connectivity index (χ2n) is 9.86. The number of hydrogen-bond acceptors (Lipinski definition) is 6. The highest BCUT2D eigenvalue weighted by atomic mass is 16.6. The van der Waals surface area contributed by atoms with Crippen LogP contribution < -0.4 is 10.6 Å². The molecule has 2 N–H and O–H groups in total. The number of carbonyl (C=O) groups excluding carboxylic acids is 3. The van der Waals surface area contributed by atoms with E-state index in [0.717, 1.165) is 24.1 Å². The molecule has 34 heavy (non-hydrogen) atoms. The van der Waals surface area contributed by atoms with Crippen molar-refractivity contribution in [2.24, 2.45) is 5.92 Å². The Kier molecular flexibility index (Phi) is 7.54. The fourth-order valence-electron chi connectivity index (χ4n) is 3.89. The van der Waals surface area contributed by atoms with Gasteiger partial charge < -0.3 is 15.0 Å². The van der Waals surface area contributed by atoms with Crippen LogP contribution in [-0.4, -0.2) is 44.9 Å². The van der Waals surface area contributed by atoms with Gasteiger partial charge in [0.05, 0.1) is 17.9 Å². The molecular formula is C25H33N5O4. The fourth-order valence-corrected chi connectivity index (χ4v) is 3.89. The normalized spacial score (nSPS) is 18.2. The Morgan fingerprint density at radius 3 is 2.41 bits per heavy atom. The number of pyridine rings is 2. The maximum atomic E-state index is 13.1. The smallest absolute Gasteiger partial charge is 0.413 e. The second kappa shape index (κ2) is 10.2. The number of carbonyl (C=O) groups is 3. The summed E-state index contributed by atoms with van der Waals surface area (Å²) in [5, 5.41) is 5.23. The summed E-state index contributed by atoms with van der Waals surface area (Å²) in [7, 11) is 0. The number of hydrogen-bond donors (Lipinski definition) is 2. The number of piperidine rings is 1. The Bertz CT molecular complexity index is 1060. The molecule has 0 aromatic carbocycles. The quantitative estimate of drug-likeness (QED) is 0.648. The molecule has 1 aliphatic rings. The molecule has 1 fully saturated rings. The molecule has 2 aromatic heterocycles. The van der Waals surface area contributed by atoms with Gasteiger partial charge in [-0.2, -0.15) is 0 Å². The zero-order valence-electron chi connectivity index (χ0n) is 20.6. The summed E-state index contributed by atoms with van der Waals surface area (Å²) >= 11 is 0. The van der Waals surface area contributed by atoms with E-state index in [-0.39, 0.29) is 6.04 Å². The molecule has 3 rings (SSSR count). The molecule has 3 heterocycles. The number of anilines is 2. The van der Waals surface area contributed by atoms with Gasteiger partial charge in [0.1, 0.15) is 11.4 Å². The number of amides is 3. The van der Waals surface area contributed by atoms with Crippen LogP contribution in [0, 0.1) is 19.8 Å². The topological polar surface area (TPSA) is 114 Å². The largest absolute Gasteiger partial charge is 0.444 e. The Labute approximate surface area is 200 Å². The van der Waals surface area contributed by atoms with Crippen molar-refractivity contribution in [3.63, 3.8) is 0 Å². The predicted molar refractivity (Wildman–Crippen MR) is 129 cm³/mol. The average molecular weight is 468 g/mol. The molecule has 1 aliphatic heterocycles. The molecule has 9 nitrogen and oxygen atoms in total. The summed E-state index contributed by atoms with van der Waals surface area (Å²) in [6.07, 6.45) is 4.30. The van der Waals surface area contributed by atoms with E-state index in [4.69, 9.17) is 4.74 Å². The first kappa shape index (κ1) is 25.1. The summed E-state index contributed by atoms with van der Waals surface area (Å²) in [6.45, 7) is 11.5. The molecule has 2 unspecified atom stereocenters. The standard InChI is InChI=1S/C25H33N5O4/c1-15-7-10-20(18-9-8-17(3)26-12-18)30(14-15)23(32)22(31)28-19-11-16(2)21(27-13-19)29-24(33)34-25(4,5)6/h8-9,11-13,15,20H,7,10,14H2,1-6H3,(H,28,31)(H,27,29,33). The van der Waals surface area contributed by atoms with E-state index in [1.54, 1.807) is 44.9 Å². The number of aryl methyl sites for hydroxylation is 2. The lowest BCUT2D eigenvalue weighted by molar-refractivity contribution is -0.146. The molecule has 0 aliphatic carbocycles. The van der Waals surface area contributed by atoms with E-state index < -0.39 is 23.5 Å². The van der Waals surface area contributed by atoms with E-state index in [0.29, 0.717) is 29.5 Å². The molecule has 2 atom stereocenters. The average Bonchev–Trinajstić information content (AvgIpc) is 2.74. The summed E-state index contributed by atoms with van der Waals surface area (Å²) in [5.41, 5.74) is 2.17. The Balaban J connectivity index is 1.70. The highest BCUT2D eigenvalue weighted by Gasteiger charge is 2.34. The van der Waals surface area contributed by atoms with Gasteiger partial charge in [-0.25, -0.2) is 9.78 Å². The van der Waals surface area contributed by atoms with Crippen molar-refractivity contribution >= 4 is 29.4 Å². The highest BCUT2D eigenvalue weighted by Crippen LogP contribution is 2.33. The highest BCUT2D eigenvalue weighted by molar-refractivity contribution is 6.39. The molecule has 0 radical (unpaired) electrons. The second-order valence-corrected chi connectivity index (χ2v) is 9.86. The number of ether oxygens (including phenoxy) is 1. The van der Waals surface area contributed by atoms with Crippen molar-refractivity contribution in [3.8, 4) is 0 Å². The van der Waals surface area contributed by atoms with Crippen molar-refractivity contribution < 1.29 is 19.1 Å². The SMILES string of the molecule is Cc1ccc(C2CCC(C)CN2C(=O)C(=O)Nc2cnc(NC(=O)OC(C)(C)C)c(C)c2)cn1. The molecular weight excluding hydrogens is 434 g/mol. The molecule has 182 valence electrons. The minimum atomic E-state index is -0.728. The minimum absolute atomic E-state index is 0.192. The van der Waals surface area contributed by atoms with Gasteiger partial charge in [-0.1, -0.05) is 13.0 Å². The van der Waals surface area contributed by atoms with Crippen molar-refractivity contribution in [1.29, 1.82) is 0 Å². The monoisotopic (exact) mass is 467 g/mol. The number of nitrogens with zero attached hydrogens (tertiary/aromatic N) is 3. The van der Waals surface area contributed by atoms with Crippen molar-refractivity contribution in [2.75, 3.05) is 17.2 Å². The minimum Gasteiger partial charge on any atom is -0.444 e. The van der Waals surface area contributed by atoms with E-state index in [1.807, 2.05) is 19.1 Å². The lowest BCUT2D eigenvalue weighted by Gasteiger charge is -2.38. The zero-order chi connectivity index (χ0) is 25.0. The lowest BCUT2D eigenvalue weighted by atomic mass is 9.90. The number of aromatic nitrogens is 2. The Morgan fingerprint density at radius 2 is 1.79 bits per heavy atom. The first-order chi connectivity index (χ1) is 15.9. The van der Waals surface area contributed by atoms with Crippen molar-refractivity contribution in [1.82, 2.24) is 14.9 Å². The molecule has 2 aromatic rings. The van der Waals surface area contributed by atoms with Crippen LogP contribution in [0.1, 0.15) is 63.4 Å². The molecule has 0 bridgehead atoms. The van der Waals surface area contributed by atoms with Crippen molar-refractivity contribution in [3.05, 3.63) is 47.4 Å². The van der Waals surface area contributed by atoms with Gasteiger partial charge >= 0.3 is 17.9 Å². The van der Waals surface area contributed by atoms with Crippen LogP contribution >= 0.6 is 0 Å². The van der Waals surface area contributed by atoms with E-state index in [9.17, 15) is 14.4 Å². The lowest BCUT2D eigenvalue weighted by Crippen LogP contribution is -2.46. The summed E-state index contributed by atoms with van der Waals surface area (Å²) in [5.74, 6) is -0.706.